The first-order valence-electron chi connectivity index (χ1n) is 9.12. The smallest absolute Gasteiger partial charge is 0.213 e. The van der Waals surface area contributed by atoms with Crippen LogP contribution in [0.3, 0.4) is 0 Å². The monoisotopic (exact) mass is 375 g/mol. The second-order valence-electron chi connectivity index (χ2n) is 6.54. The van der Waals surface area contributed by atoms with Crippen molar-refractivity contribution in [2.75, 3.05) is 23.7 Å². The Bertz CT molecular complexity index is 744. The summed E-state index contributed by atoms with van der Waals surface area (Å²) in [6.07, 6.45) is 2.85. The summed E-state index contributed by atoms with van der Waals surface area (Å²) in [5.41, 5.74) is 3.21. The number of para-hydroxylation sites is 1. The van der Waals surface area contributed by atoms with Gasteiger partial charge in [-0.3, -0.25) is 0 Å². The summed E-state index contributed by atoms with van der Waals surface area (Å²) in [4.78, 5) is 0. The van der Waals surface area contributed by atoms with Crippen molar-refractivity contribution in [3.05, 3.63) is 54.6 Å². The van der Waals surface area contributed by atoms with Crippen molar-refractivity contribution in [3.8, 4) is 0 Å². The van der Waals surface area contributed by atoms with Gasteiger partial charge >= 0.3 is 0 Å². The van der Waals surface area contributed by atoms with Gasteiger partial charge in [-0.15, -0.1) is 0 Å². The average molecular weight is 376 g/mol. The fourth-order valence-electron chi connectivity index (χ4n) is 2.40. The van der Waals surface area contributed by atoms with Gasteiger partial charge in [0.15, 0.2) is 0 Å². The van der Waals surface area contributed by atoms with Crippen LogP contribution in [0.2, 0.25) is 0 Å². The van der Waals surface area contributed by atoms with Crippen molar-refractivity contribution in [3.63, 3.8) is 0 Å². The number of hydrogen-bond acceptors (Lipinski definition) is 4. The van der Waals surface area contributed by atoms with Gasteiger partial charge in [-0.2, -0.15) is 0 Å². The largest absolute Gasteiger partial charge is 0.385 e. The zero-order chi connectivity index (χ0) is 18.8. The van der Waals surface area contributed by atoms with Gasteiger partial charge in [-0.1, -0.05) is 24.6 Å². The zero-order valence-electron chi connectivity index (χ0n) is 15.5. The summed E-state index contributed by atoms with van der Waals surface area (Å²) in [5.74, 6) is 0. The molecule has 0 amide bonds. The Morgan fingerprint density at radius 2 is 1.35 bits per heavy atom. The minimum absolute atomic E-state index is 0.372. The topological polar surface area (TPSA) is 70.2 Å². The second kappa shape index (κ2) is 10.2. The van der Waals surface area contributed by atoms with E-state index in [-0.39, 0.29) is 5.25 Å². The molecule has 0 aliphatic carbocycles. The standard InChI is InChI=1S/C20H29N3O2S/c1-17(2)26(24,25)22-16-8-4-7-15-21-18-11-13-20(14-12-18)23-19-9-5-3-6-10-19/h3,5-6,9-14,17,21-23H,4,7-8,15-16H2,1-2H3. The molecule has 2 rings (SSSR count). The van der Waals surface area contributed by atoms with Gasteiger partial charge in [0.25, 0.3) is 0 Å². The molecule has 0 fully saturated rings. The summed E-state index contributed by atoms with van der Waals surface area (Å²) in [5, 5.41) is 6.38. The van der Waals surface area contributed by atoms with Crippen LogP contribution >= 0.6 is 0 Å². The zero-order valence-corrected chi connectivity index (χ0v) is 16.4. The SMILES string of the molecule is CC(C)S(=O)(=O)NCCCCCNc1ccc(Nc2ccccc2)cc1. The maximum Gasteiger partial charge on any atom is 0.213 e. The molecule has 0 aromatic heterocycles. The lowest BCUT2D eigenvalue weighted by atomic mass is 10.2. The fraction of sp³-hybridized carbons (Fsp3) is 0.400. The molecule has 0 heterocycles. The third-order valence-corrected chi connectivity index (χ3v) is 5.90. The molecule has 0 saturated carbocycles. The van der Waals surface area contributed by atoms with Crippen LogP contribution in [0.4, 0.5) is 17.1 Å². The first kappa shape index (κ1) is 20.3. The van der Waals surface area contributed by atoms with Gasteiger partial charge in [0.1, 0.15) is 0 Å². The highest BCUT2D eigenvalue weighted by atomic mass is 32.2. The van der Waals surface area contributed by atoms with Gasteiger partial charge in [0.2, 0.25) is 10.0 Å². The highest BCUT2D eigenvalue weighted by Crippen LogP contribution is 2.18. The van der Waals surface area contributed by atoms with Crippen LogP contribution in [0.5, 0.6) is 0 Å². The summed E-state index contributed by atoms with van der Waals surface area (Å²) in [7, 11) is -3.13. The molecule has 5 nitrogen and oxygen atoms in total. The molecule has 26 heavy (non-hydrogen) atoms. The Balaban J connectivity index is 1.61. The second-order valence-corrected chi connectivity index (χ2v) is 8.87. The van der Waals surface area contributed by atoms with Gasteiger partial charge in [-0.05, 0) is 63.1 Å². The van der Waals surface area contributed by atoms with Crippen molar-refractivity contribution >= 4 is 27.1 Å². The molecule has 0 saturated heterocycles. The minimum Gasteiger partial charge on any atom is -0.385 e. The minimum atomic E-state index is -3.13. The number of anilines is 3. The van der Waals surface area contributed by atoms with Crippen molar-refractivity contribution in [1.29, 1.82) is 0 Å². The van der Waals surface area contributed by atoms with Crippen molar-refractivity contribution in [2.45, 2.75) is 38.4 Å². The molecular weight excluding hydrogens is 346 g/mol. The first-order chi connectivity index (χ1) is 12.5. The van der Waals surface area contributed by atoms with Crippen LogP contribution in [0.25, 0.3) is 0 Å². The molecule has 2 aromatic carbocycles. The van der Waals surface area contributed by atoms with E-state index in [1.807, 2.05) is 30.3 Å². The summed E-state index contributed by atoms with van der Waals surface area (Å²) in [6, 6.07) is 18.3. The van der Waals surface area contributed by atoms with Crippen LogP contribution in [-0.2, 0) is 10.0 Å². The third-order valence-electron chi connectivity index (χ3n) is 4.05. The summed E-state index contributed by atoms with van der Waals surface area (Å²) in [6.45, 7) is 4.77. The normalized spacial score (nSPS) is 11.5. The van der Waals surface area contributed by atoms with Gasteiger partial charge in [0, 0.05) is 30.2 Å². The molecule has 0 aliphatic heterocycles. The highest BCUT2D eigenvalue weighted by molar-refractivity contribution is 7.90. The lowest BCUT2D eigenvalue weighted by Gasteiger charge is -2.10. The molecule has 0 aliphatic rings. The van der Waals surface area contributed by atoms with Crippen molar-refractivity contribution in [1.82, 2.24) is 4.72 Å². The molecule has 0 unspecified atom stereocenters. The van der Waals surface area contributed by atoms with E-state index in [1.165, 1.54) is 0 Å². The summed E-state index contributed by atoms with van der Waals surface area (Å²) >= 11 is 0. The molecule has 0 bridgehead atoms. The van der Waals surface area contributed by atoms with Gasteiger partial charge in [-0.25, -0.2) is 13.1 Å². The molecule has 3 N–H and O–H groups in total. The number of unbranched alkanes of at least 4 members (excludes halogenated alkanes) is 2. The number of nitrogens with one attached hydrogen (secondary N) is 3. The molecule has 142 valence electrons. The molecule has 2 aromatic rings. The Morgan fingerprint density at radius 1 is 0.769 bits per heavy atom. The van der Waals surface area contributed by atoms with E-state index in [4.69, 9.17) is 0 Å². The highest BCUT2D eigenvalue weighted by Gasteiger charge is 2.13. The van der Waals surface area contributed by atoms with Crippen LogP contribution < -0.4 is 15.4 Å². The van der Waals surface area contributed by atoms with Crippen molar-refractivity contribution < 1.29 is 8.42 Å². The Hall–Kier alpha value is -2.05. The van der Waals surface area contributed by atoms with E-state index in [0.717, 1.165) is 42.9 Å². The van der Waals surface area contributed by atoms with Crippen LogP contribution in [0.1, 0.15) is 33.1 Å². The molecular formula is C20H29N3O2S. The van der Waals surface area contributed by atoms with Crippen LogP contribution in [0, 0.1) is 0 Å². The Kier molecular flexibility index (Phi) is 7.94. The number of rotatable bonds is 11. The van der Waals surface area contributed by atoms with E-state index in [0.29, 0.717) is 6.54 Å². The van der Waals surface area contributed by atoms with Gasteiger partial charge < -0.3 is 10.6 Å². The van der Waals surface area contributed by atoms with Crippen molar-refractivity contribution in [2.24, 2.45) is 0 Å². The lowest BCUT2D eigenvalue weighted by molar-refractivity contribution is 0.566. The molecule has 0 spiro atoms. The van der Waals surface area contributed by atoms with E-state index in [9.17, 15) is 8.42 Å². The Labute approximate surface area is 157 Å². The average Bonchev–Trinajstić information content (AvgIpc) is 2.63. The fourth-order valence-corrected chi connectivity index (χ4v) is 3.16. The van der Waals surface area contributed by atoms with E-state index in [2.05, 4.69) is 39.6 Å². The maximum atomic E-state index is 11.6. The lowest BCUT2D eigenvalue weighted by Crippen LogP contribution is -2.31. The van der Waals surface area contributed by atoms with E-state index >= 15 is 0 Å². The van der Waals surface area contributed by atoms with E-state index < -0.39 is 10.0 Å². The molecule has 6 heteroatoms. The summed E-state index contributed by atoms with van der Waals surface area (Å²) < 4.78 is 25.9. The molecule has 0 atom stereocenters. The van der Waals surface area contributed by atoms with Gasteiger partial charge in [0.05, 0.1) is 5.25 Å². The van der Waals surface area contributed by atoms with Crippen LogP contribution in [0.15, 0.2) is 54.6 Å². The van der Waals surface area contributed by atoms with E-state index in [1.54, 1.807) is 13.8 Å². The number of benzene rings is 2. The van der Waals surface area contributed by atoms with Crippen LogP contribution in [-0.4, -0.2) is 26.8 Å². The quantitative estimate of drug-likeness (QED) is 0.511. The first-order valence-corrected chi connectivity index (χ1v) is 10.7. The number of sulfonamides is 1. The molecule has 0 radical (unpaired) electrons. The third kappa shape index (κ3) is 7.06. The Morgan fingerprint density at radius 3 is 2.00 bits per heavy atom. The predicted molar refractivity (Wildman–Crippen MR) is 111 cm³/mol. The maximum absolute atomic E-state index is 11.6. The number of hydrogen-bond donors (Lipinski definition) is 3. The predicted octanol–water partition coefficient (Wildman–Crippen LogP) is 4.34.